The molecule has 1 heterocycles. The number of nitrogens with zero attached hydrogens (tertiary/aromatic N) is 2. The third kappa shape index (κ3) is 2.27. The molecule has 3 aromatic rings. The van der Waals surface area contributed by atoms with E-state index in [1.165, 1.54) is 0 Å². The maximum Gasteiger partial charge on any atom is 0.0998 e. The third-order valence-corrected chi connectivity index (χ3v) is 3.88. The number of benzene rings is 2. The Kier molecular flexibility index (Phi) is 3.40. The molecule has 3 rings (SSSR count). The number of aromatic nitrogens is 1. The highest BCUT2D eigenvalue weighted by Gasteiger charge is 2.07. The van der Waals surface area contributed by atoms with Crippen LogP contribution in [0.3, 0.4) is 0 Å². The lowest BCUT2D eigenvalue weighted by molar-refractivity contribution is 0.837. The van der Waals surface area contributed by atoms with E-state index in [1.54, 1.807) is 6.07 Å². The Morgan fingerprint density at radius 2 is 1.95 bits per heavy atom. The number of hydrogen-bond donors (Lipinski definition) is 0. The number of nitriles is 1. The molecule has 1 aromatic heterocycles. The van der Waals surface area contributed by atoms with Gasteiger partial charge in [-0.2, -0.15) is 5.26 Å². The summed E-state index contributed by atoms with van der Waals surface area (Å²) in [5.41, 5.74) is 2.70. The van der Waals surface area contributed by atoms with Gasteiger partial charge in [0.25, 0.3) is 0 Å². The highest BCUT2D eigenvalue weighted by atomic mass is 35.5. The van der Waals surface area contributed by atoms with E-state index in [0.717, 1.165) is 16.5 Å². The molecule has 0 aliphatic rings. The molecule has 2 nitrogen and oxygen atoms in total. The van der Waals surface area contributed by atoms with Crippen LogP contribution < -0.4 is 0 Å². The zero-order valence-electron chi connectivity index (χ0n) is 10.5. The molecule has 4 heteroatoms. The minimum absolute atomic E-state index is 0.628. The fourth-order valence-corrected chi connectivity index (χ4v) is 2.76. The van der Waals surface area contributed by atoms with Crippen LogP contribution in [0.5, 0.6) is 0 Å². The number of fused-ring (bicyclic) bond motifs is 1. The molecule has 98 valence electrons. The minimum atomic E-state index is 0.628. The average Bonchev–Trinajstić information content (AvgIpc) is 2.85. The first-order valence-electron chi connectivity index (χ1n) is 6.11. The van der Waals surface area contributed by atoms with E-state index in [0.29, 0.717) is 22.2 Å². The van der Waals surface area contributed by atoms with Gasteiger partial charge in [-0.25, -0.2) is 0 Å². The molecule has 0 saturated carbocycles. The molecule has 0 atom stereocenters. The lowest BCUT2D eigenvalue weighted by atomic mass is 10.1. The summed E-state index contributed by atoms with van der Waals surface area (Å²) in [5.74, 6) is 0. The summed E-state index contributed by atoms with van der Waals surface area (Å²) >= 11 is 12.1. The van der Waals surface area contributed by atoms with Gasteiger partial charge in [0.2, 0.25) is 0 Å². The summed E-state index contributed by atoms with van der Waals surface area (Å²) in [5, 5.41) is 11.3. The lowest BCUT2D eigenvalue weighted by Crippen LogP contribution is -1.98. The Morgan fingerprint density at radius 1 is 1.10 bits per heavy atom. The van der Waals surface area contributed by atoms with Gasteiger partial charge >= 0.3 is 0 Å². The lowest BCUT2D eigenvalue weighted by Gasteiger charge is -2.08. The van der Waals surface area contributed by atoms with Crippen LogP contribution in [0.15, 0.2) is 48.7 Å². The van der Waals surface area contributed by atoms with Gasteiger partial charge in [-0.05, 0) is 35.9 Å². The Morgan fingerprint density at radius 3 is 2.70 bits per heavy atom. The molecule has 0 aliphatic carbocycles. The summed E-state index contributed by atoms with van der Waals surface area (Å²) in [6, 6.07) is 15.4. The smallest absolute Gasteiger partial charge is 0.0998 e. The Labute approximate surface area is 126 Å². The molecule has 0 fully saturated rings. The quantitative estimate of drug-likeness (QED) is 0.664. The van der Waals surface area contributed by atoms with Crippen molar-refractivity contribution in [3.63, 3.8) is 0 Å². The second-order valence-electron chi connectivity index (χ2n) is 4.53. The summed E-state index contributed by atoms with van der Waals surface area (Å²) < 4.78 is 2.07. The molecule has 0 N–H and O–H groups in total. The van der Waals surface area contributed by atoms with Gasteiger partial charge < -0.3 is 4.57 Å². The molecule has 0 aliphatic heterocycles. The average molecular weight is 301 g/mol. The summed E-state index contributed by atoms with van der Waals surface area (Å²) in [6.07, 6.45) is 1.97. The number of rotatable bonds is 2. The van der Waals surface area contributed by atoms with Crippen molar-refractivity contribution >= 4 is 34.1 Å². The zero-order valence-corrected chi connectivity index (χ0v) is 12.0. The largest absolute Gasteiger partial charge is 0.343 e. The maximum atomic E-state index is 9.11. The van der Waals surface area contributed by atoms with Crippen molar-refractivity contribution in [1.29, 1.82) is 5.26 Å². The first-order chi connectivity index (χ1) is 9.69. The van der Waals surface area contributed by atoms with Gasteiger partial charge in [0.15, 0.2) is 0 Å². The number of hydrogen-bond acceptors (Lipinski definition) is 1. The van der Waals surface area contributed by atoms with E-state index in [2.05, 4.69) is 10.6 Å². The van der Waals surface area contributed by atoms with Crippen molar-refractivity contribution in [3.8, 4) is 6.07 Å². The van der Waals surface area contributed by atoms with Crippen LogP contribution in [0.2, 0.25) is 10.0 Å². The molecule has 0 saturated heterocycles. The summed E-state index contributed by atoms with van der Waals surface area (Å²) in [6.45, 7) is 0.647. The van der Waals surface area contributed by atoms with Crippen LogP contribution in [-0.4, -0.2) is 4.57 Å². The first kappa shape index (κ1) is 13.1. The van der Waals surface area contributed by atoms with Crippen molar-refractivity contribution in [2.24, 2.45) is 0 Å². The summed E-state index contributed by atoms with van der Waals surface area (Å²) in [4.78, 5) is 0. The van der Waals surface area contributed by atoms with E-state index >= 15 is 0 Å². The van der Waals surface area contributed by atoms with Crippen LogP contribution in [0.4, 0.5) is 0 Å². The zero-order chi connectivity index (χ0) is 14.1. The molecule has 0 unspecified atom stereocenters. The normalized spacial score (nSPS) is 10.7. The van der Waals surface area contributed by atoms with Crippen molar-refractivity contribution in [3.05, 3.63) is 69.8 Å². The van der Waals surface area contributed by atoms with Crippen molar-refractivity contribution in [2.75, 3.05) is 0 Å². The van der Waals surface area contributed by atoms with Crippen LogP contribution in [-0.2, 0) is 6.54 Å². The van der Waals surface area contributed by atoms with Gasteiger partial charge in [-0.3, -0.25) is 0 Å². The minimum Gasteiger partial charge on any atom is -0.343 e. The topological polar surface area (TPSA) is 28.7 Å². The van der Waals surface area contributed by atoms with Gasteiger partial charge in [0.05, 0.1) is 11.6 Å². The molecular weight excluding hydrogens is 291 g/mol. The standard InChI is InChI=1S/C16H10Cl2N2/c17-13-5-4-12(15(18)8-13)10-20-7-6-14-11(9-19)2-1-3-16(14)20/h1-8H,10H2. The van der Waals surface area contributed by atoms with E-state index in [1.807, 2.05) is 42.6 Å². The highest BCUT2D eigenvalue weighted by molar-refractivity contribution is 6.35. The Bertz CT molecular complexity index is 828. The van der Waals surface area contributed by atoms with Gasteiger partial charge in [0, 0.05) is 33.7 Å². The second kappa shape index (κ2) is 5.20. The third-order valence-electron chi connectivity index (χ3n) is 3.29. The molecule has 2 aromatic carbocycles. The van der Waals surface area contributed by atoms with Crippen LogP contribution in [0, 0.1) is 11.3 Å². The molecule has 0 bridgehead atoms. The summed E-state index contributed by atoms with van der Waals surface area (Å²) in [7, 11) is 0. The van der Waals surface area contributed by atoms with Gasteiger partial charge in [-0.1, -0.05) is 35.3 Å². The van der Waals surface area contributed by atoms with Gasteiger partial charge in [0.1, 0.15) is 0 Å². The van der Waals surface area contributed by atoms with Crippen LogP contribution in [0.25, 0.3) is 10.9 Å². The van der Waals surface area contributed by atoms with Gasteiger partial charge in [-0.15, -0.1) is 0 Å². The van der Waals surface area contributed by atoms with E-state index in [-0.39, 0.29) is 0 Å². The molecular formula is C16H10Cl2N2. The van der Waals surface area contributed by atoms with E-state index in [9.17, 15) is 0 Å². The monoisotopic (exact) mass is 300 g/mol. The second-order valence-corrected chi connectivity index (χ2v) is 5.37. The van der Waals surface area contributed by atoms with Crippen LogP contribution in [0.1, 0.15) is 11.1 Å². The highest BCUT2D eigenvalue weighted by Crippen LogP contribution is 2.25. The maximum absolute atomic E-state index is 9.11. The van der Waals surface area contributed by atoms with Crippen molar-refractivity contribution in [1.82, 2.24) is 4.57 Å². The van der Waals surface area contributed by atoms with Crippen molar-refractivity contribution < 1.29 is 0 Å². The molecule has 0 amide bonds. The first-order valence-corrected chi connectivity index (χ1v) is 6.86. The fraction of sp³-hybridized carbons (Fsp3) is 0.0625. The predicted molar refractivity (Wildman–Crippen MR) is 82.2 cm³/mol. The van der Waals surface area contributed by atoms with E-state index < -0.39 is 0 Å². The fourth-order valence-electron chi connectivity index (χ4n) is 2.29. The molecule has 20 heavy (non-hydrogen) atoms. The van der Waals surface area contributed by atoms with Crippen LogP contribution >= 0.6 is 23.2 Å². The predicted octanol–water partition coefficient (Wildman–Crippen LogP) is 4.87. The molecule has 0 radical (unpaired) electrons. The van der Waals surface area contributed by atoms with Crippen molar-refractivity contribution in [2.45, 2.75) is 6.54 Å². The SMILES string of the molecule is N#Cc1cccc2c1ccn2Cc1ccc(Cl)cc1Cl. The molecule has 0 spiro atoms. The van der Waals surface area contributed by atoms with E-state index in [4.69, 9.17) is 28.5 Å². The number of halogens is 2. The Hall–Kier alpha value is -1.95. The Balaban J connectivity index is 2.06.